The number of hydrogen-bond acceptors (Lipinski definition) is 6. The minimum absolute atomic E-state index is 0.159. The van der Waals surface area contributed by atoms with E-state index in [4.69, 9.17) is 0 Å². The summed E-state index contributed by atoms with van der Waals surface area (Å²) in [6, 6.07) is 7.34. The first kappa shape index (κ1) is 18.4. The molecule has 7 nitrogen and oxygen atoms in total. The van der Waals surface area contributed by atoms with Gasteiger partial charge in [0.25, 0.3) is 5.91 Å². The van der Waals surface area contributed by atoms with Crippen LogP contribution in [-0.2, 0) is 10.0 Å². The van der Waals surface area contributed by atoms with E-state index < -0.39 is 10.0 Å². The molecule has 0 radical (unpaired) electrons. The van der Waals surface area contributed by atoms with Crippen LogP contribution in [0.4, 0.5) is 5.82 Å². The van der Waals surface area contributed by atoms with E-state index in [9.17, 15) is 13.2 Å². The van der Waals surface area contributed by atoms with Crippen LogP contribution in [-0.4, -0.2) is 67.8 Å². The summed E-state index contributed by atoms with van der Waals surface area (Å²) in [5.41, 5.74) is 0. The van der Waals surface area contributed by atoms with E-state index in [1.807, 2.05) is 18.2 Å². The van der Waals surface area contributed by atoms with Gasteiger partial charge in [0.05, 0.1) is 0 Å². The molecule has 0 saturated carbocycles. The first-order valence-corrected chi connectivity index (χ1v) is 11.4. The van der Waals surface area contributed by atoms with Gasteiger partial charge in [-0.2, -0.15) is 4.31 Å². The zero-order valence-corrected chi connectivity index (χ0v) is 16.6. The summed E-state index contributed by atoms with van der Waals surface area (Å²) in [5.74, 6) is 0.710. The SMILES string of the molecule is O=C(c1sccc1S(=O)(=O)N1CCCC1)N1CCN(c2ccccn2)CC1. The Labute approximate surface area is 163 Å². The third-order valence-corrected chi connectivity index (χ3v) is 8.02. The van der Waals surface area contributed by atoms with Gasteiger partial charge in [0.15, 0.2) is 0 Å². The topological polar surface area (TPSA) is 73.8 Å². The molecule has 0 N–H and O–H groups in total. The fourth-order valence-electron chi connectivity index (χ4n) is 3.55. The fraction of sp³-hybridized carbons (Fsp3) is 0.444. The normalized spacial score (nSPS) is 18.8. The van der Waals surface area contributed by atoms with Crippen molar-refractivity contribution in [2.45, 2.75) is 17.7 Å². The van der Waals surface area contributed by atoms with Gasteiger partial charge in [-0.05, 0) is 36.4 Å². The maximum absolute atomic E-state index is 13.0. The van der Waals surface area contributed by atoms with Crippen LogP contribution in [0.15, 0.2) is 40.7 Å². The molecule has 2 aromatic heterocycles. The van der Waals surface area contributed by atoms with Gasteiger partial charge in [-0.3, -0.25) is 4.79 Å². The van der Waals surface area contributed by atoms with Gasteiger partial charge in [-0.15, -0.1) is 11.3 Å². The third kappa shape index (κ3) is 3.59. The second kappa shape index (κ2) is 7.57. The van der Waals surface area contributed by atoms with Crippen molar-refractivity contribution in [1.29, 1.82) is 0 Å². The summed E-state index contributed by atoms with van der Waals surface area (Å²) < 4.78 is 27.3. The van der Waals surface area contributed by atoms with Crippen LogP contribution in [0.2, 0.25) is 0 Å². The average Bonchev–Trinajstić information content (AvgIpc) is 3.41. The monoisotopic (exact) mass is 406 g/mol. The highest BCUT2D eigenvalue weighted by atomic mass is 32.2. The number of hydrogen-bond donors (Lipinski definition) is 0. The van der Waals surface area contributed by atoms with E-state index in [2.05, 4.69) is 9.88 Å². The summed E-state index contributed by atoms with van der Waals surface area (Å²) in [4.78, 5) is 21.7. The van der Waals surface area contributed by atoms with Crippen molar-refractivity contribution < 1.29 is 13.2 Å². The molecule has 0 atom stereocenters. The molecule has 2 aliphatic heterocycles. The zero-order chi connectivity index (χ0) is 18.9. The van der Waals surface area contributed by atoms with E-state index in [1.165, 1.54) is 15.6 Å². The van der Waals surface area contributed by atoms with Gasteiger partial charge in [-0.1, -0.05) is 6.07 Å². The second-order valence-electron chi connectivity index (χ2n) is 6.69. The number of amides is 1. The lowest BCUT2D eigenvalue weighted by Gasteiger charge is -2.35. The van der Waals surface area contributed by atoms with Gasteiger partial charge in [-0.25, -0.2) is 13.4 Å². The van der Waals surface area contributed by atoms with E-state index in [-0.39, 0.29) is 10.8 Å². The molecule has 2 saturated heterocycles. The predicted octanol–water partition coefficient (Wildman–Crippen LogP) is 1.89. The Morgan fingerprint density at radius 3 is 2.41 bits per heavy atom. The van der Waals surface area contributed by atoms with Crippen LogP contribution in [0.1, 0.15) is 22.5 Å². The highest BCUT2D eigenvalue weighted by Gasteiger charge is 2.33. The van der Waals surface area contributed by atoms with Gasteiger partial charge >= 0.3 is 0 Å². The molecule has 9 heteroatoms. The van der Waals surface area contributed by atoms with Crippen LogP contribution < -0.4 is 4.90 Å². The van der Waals surface area contributed by atoms with Crippen molar-refractivity contribution in [3.05, 3.63) is 40.7 Å². The largest absolute Gasteiger partial charge is 0.353 e. The predicted molar refractivity (Wildman–Crippen MR) is 105 cm³/mol. The lowest BCUT2D eigenvalue weighted by molar-refractivity contribution is 0.0747. The Morgan fingerprint density at radius 1 is 1.00 bits per heavy atom. The molecule has 0 bridgehead atoms. The number of aromatic nitrogens is 1. The minimum atomic E-state index is -3.59. The summed E-state index contributed by atoms with van der Waals surface area (Å²) in [6.07, 6.45) is 3.51. The zero-order valence-electron chi connectivity index (χ0n) is 15.0. The molecule has 2 aromatic rings. The summed E-state index contributed by atoms with van der Waals surface area (Å²) in [6.45, 7) is 3.54. The maximum Gasteiger partial charge on any atom is 0.265 e. The molecular formula is C18H22N4O3S2. The molecule has 1 amide bonds. The Kier molecular flexibility index (Phi) is 5.16. The van der Waals surface area contributed by atoms with Crippen LogP contribution >= 0.6 is 11.3 Å². The quantitative estimate of drug-likeness (QED) is 0.775. The van der Waals surface area contributed by atoms with Gasteiger partial charge in [0, 0.05) is 45.5 Å². The molecule has 0 spiro atoms. The molecule has 0 aromatic carbocycles. The molecule has 0 unspecified atom stereocenters. The van der Waals surface area contributed by atoms with E-state index >= 15 is 0 Å². The molecule has 4 heterocycles. The molecule has 2 aliphatic rings. The first-order chi connectivity index (χ1) is 13.1. The van der Waals surface area contributed by atoms with Gasteiger partial charge in [0.2, 0.25) is 10.0 Å². The highest BCUT2D eigenvalue weighted by molar-refractivity contribution is 7.89. The minimum Gasteiger partial charge on any atom is -0.353 e. The average molecular weight is 407 g/mol. The van der Waals surface area contributed by atoms with E-state index in [0.717, 1.165) is 18.7 Å². The van der Waals surface area contributed by atoms with Crippen molar-refractivity contribution >= 4 is 33.1 Å². The van der Waals surface area contributed by atoms with Crippen molar-refractivity contribution in [3.8, 4) is 0 Å². The fourth-order valence-corrected chi connectivity index (χ4v) is 6.43. The molecule has 2 fully saturated rings. The standard InChI is InChI=1S/C18H22N4O3S2/c23-18(21-12-10-20(11-13-21)16-5-1-2-7-19-16)17-15(6-14-26-17)27(24,25)22-8-3-4-9-22/h1-2,5-7,14H,3-4,8-13H2. The van der Waals surface area contributed by atoms with Crippen molar-refractivity contribution in [2.24, 2.45) is 0 Å². The van der Waals surface area contributed by atoms with Crippen LogP contribution in [0, 0.1) is 0 Å². The summed E-state index contributed by atoms with van der Waals surface area (Å²) in [5, 5.41) is 1.69. The lowest BCUT2D eigenvalue weighted by atomic mass is 10.3. The second-order valence-corrected chi connectivity index (χ2v) is 9.51. The number of rotatable bonds is 4. The third-order valence-electron chi connectivity index (χ3n) is 5.05. The van der Waals surface area contributed by atoms with Crippen molar-refractivity contribution in [2.75, 3.05) is 44.2 Å². The Morgan fingerprint density at radius 2 is 1.74 bits per heavy atom. The number of anilines is 1. The molecular weight excluding hydrogens is 384 g/mol. The molecule has 4 rings (SSSR count). The molecule has 27 heavy (non-hydrogen) atoms. The van der Waals surface area contributed by atoms with E-state index in [1.54, 1.807) is 22.5 Å². The smallest absolute Gasteiger partial charge is 0.265 e. The first-order valence-electron chi connectivity index (χ1n) is 9.10. The lowest BCUT2D eigenvalue weighted by Crippen LogP contribution is -2.49. The van der Waals surface area contributed by atoms with Crippen LogP contribution in [0.3, 0.4) is 0 Å². The molecule has 144 valence electrons. The number of piperazine rings is 1. The van der Waals surface area contributed by atoms with Gasteiger partial charge in [0.1, 0.15) is 15.6 Å². The number of pyridine rings is 1. The summed E-state index contributed by atoms with van der Waals surface area (Å²) >= 11 is 1.21. The molecule has 0 aliphatic carbocycles. The maximum atomic E-state index is 13.0. The van der Waals surface area contributed by atoms with E-state index in [0.29, 0.717) is 44.1 Å². The van der Waals surface area contributed by atoms with Crippen LogP contribution in [0.5, 0.6) is 0 Å². The van der Waals surface area contributed by atoms with Crippen molar-refractivity contribution in [3.63, 3.8) is 0 Å². The number of thiophene rings is 1. The van der Waals surface area contributed by atoms with Gasteiger partial charge < -0.3 is 9.80 Å². The van der Waals surface area contributed by atoms with Crippen molar-refractivity contribution in [1.82, 2.24) is 14.2 Å². The Bertz CT molecular complexity index is 900. The van der Waals surface area contributed by atoms with Crippen LogP contribution in [0.25, 0.3) is 0 Å². The Hall–Kier alpha value is -1.97. The Balaban J connectivity index is 1.48. The highest BCUT2D eigenvalue weighted by Crippen LogP contribution is 2.29. The number of carbonyl (C=O) groups excluding carboxylic acids is 1. The number of sulfonamides is 1. The number of carbonyl (C=O) groups is 1. The number of nitrogens with zero attached hydrogens (tertiary/aromatic N) is 4. The summed E-state index contributed by atoms with van der Waals surface area (Å²) in [7, 11) is -3.59.